The molecule has 0 saturated carbocycles. The molecule has 1 amide bonds. The summed E-state index contributed by atoms with van der Waals surface area (Å²) in [6.07, 6.45) is 1.72. The highest BCUT2D eigenvalue weighted by molar-refractivity contribution is 14.1. The highest BCUT2D eigenvalue weighted by Crippen LogP contribution is 2.18. The summed E-state index contributed by atoms with van der Waals surface area (Å²) in [5.41, 5.74) is 1.39. The second kappa shape index (κ2) is 7.27. The number of benzene rings is 1. The first-order valence-corrected chi connectivity index (χ1v) is 8.67. The van der Waals surface area contributed by atoms with Crippen molar-refractivity contribution in [1.29, 1.82) is 0 Å². The van der Waals surface area contributed by atoms with Crippen molar-refractivity contribution in [3.63, 3.8) is 0 Å². The molecule has 0 bridgehead atoms. The Morgan fingerprint density at radius 2 is 1.87 bits per heavy atom. The van der Waals surface area contributed by atoms with Crippen molar-refractivity contribution in [2.75, 3.05) is 43.4 Å². The molecule has 1 fully saturated rings. The van der Waals surface area contributed by atoms with E-state index in [2.05, 4.69) is 49.7 Å². The predicted molar refractivity (Wildman–Crippen MR) is 101 cm³/mol. The van der Waals surface area contributed by atoms with Crippen LogP contribution in [0, 0.1) is 3.57 Å². The molecule has 0 atom stereocenters. The van der Waals surface area contributed by atoms with Crippen LogP contribution in [0.2, 0.25) is 0 Å². The molecule has 2 heterocycles. The number of nitrogens with zero attached hydrogens (tertiary/aromatic N) is 3. The van der Waals surface area contributed by atoms with Crippen molar-refractivity contribution < 1.29 is 4.79 Å². The number of hydrogen-bond acceptors (Lipinski definition) is 4. The number of likely N-dealkylation sites (N-methyl/N-ethyl adjacent to an activating group) is 1. The average Bonchev–Trinajstić information content (AvgIpc) is 2.57. The summed E-state index contributed by atoms with van der Waals surface area (Å²) in [5, 5.41) is 2.90. The lowest BCUT2D eigenvalue weighted by Crippen LogP contribution is -2.44. The molecule has 1 aliphatic heterocycles. The van der Waals surface area contributed by atoms with Crippen LogP contribution in [-0.4, -0.2) is 49.0 Å². The van der Waals surface area contributed by atoms with Crippen LogP contribution in [0.5, 0.6) is 0 Å². The number of anilines is 2. The summed E-state index contributed by atoms with van der Waals surface area (Å²) < 4.78 is 0.935. The standard InChI is InChI=1S/C17H19IN4O/c1-21-8-10-22(11-9-21)16-7-6-13(12-19-16)20-17(23)14-4-2-3-5-15(14)18/h2-7,12H,8-11H2,1H3,(H,20,23). The van der Waals surface area contributed by atoms with Gasteiger partial charge in [0, 0.05) is 29.7 Å². The second-order valence-electron chi connectivity index (χ2n) is 5.63. The third-order valence-corrected chi connectivity index (χ3v) is 4.89. The Labute approximate surface area is 149 Å². The van der Waals surface area contributed by atoms with Crippen molar-refractivity contribution in [1.82, 2.24) is 9.88 Å². The van der Waals surface area contributed by atoms with Crippen LogP contribution in [0.25, 0.3) is 0 Å². The predicted octanol–water partition coefficient (Wildman–Crippen LogP) is 2.69. The number of rotatable bonds is 3. The van der Waals surface area contributed by atoms with Gasteiger partial charge in [-0.15, -0.1) is 0 Å². The summed E-state index contributed by atoms with van der Waals surface area (Å²) in [5.74, 6) is 0.856. The number of nitrogens with one attached hydrogen (secondary N) is 1. The molecule has 120 valence electrons. The van der Waals surface area contributed by atoms with Crippen LogP contribution in [0.1, 0.15) is 10.4 Å². The Kier molecular flexibility index (Phi) is 5.12. The fraction of sp³-hybridized carbons (Fsp3) is 0.294. The van der Waals surface area contributed by atoms with Gasteiger partial charge in [0.05, 0.1) is 17.4 Å². The van der Waals surface area contributed by atoms with Crippen LogP contribution < -0.4 is 10.2 Å². The van der Waals surface area contributed by atoms with Gasteiger partial charge >= 0.3 is 0 Å². The van der Waals surface area contributed by atoms with Crippen molar-refractivity contribution in [3.05, 3.63) is 51.7 Å². The van der Waals surface area contributed by atoms with Gasteiger partial charge in [-0.05, 0) is 53.9 Å². The third-order valence-electron chi connectivity index (χ3n) is 3.95. The van der Waals surface area contributed by atoms with E-state index < -0.39 is 0 Å². The molecule has 0 unspecified atom stereocenters. The number of hydrogen-bond donors (Lipinski definition) is 1. The van der Waals surface area contributed by atoms with Crippen molar-refractivity contribution in [2.45, 2.75) is 0 Å². The smallest absolute Gasteiger partial charge is 0.256 e. The molecule has 0 aliphatic carbocycles. The van der Waals surface area contributed by atoms with Gasteiger partial charge in [0.1, 0.15) is 5.82 Å². The second-order valence-corrected chi connectivity index (χ2v) is 6.79. The molecular weight excluding hydrogens is 403 g/mol. The van der Waals surface area contributed by atoms with Gasteiger partial charge in [-0.3, -0.25) is 4.79 Å². The lowest BCUT2D eigenvalue weighted by Gasteiger charge is -2.33. The van der Waals surface area contributed by atoms with Gasteiger partial charge < -0.3 is 15.1 Å². The quantitative estimate of drug-likeness (QED) is 0.774. The first-order valence-electron chi connectivity index (χ1n) is 7.59. The Balaban J connectivity index is 1.66. The van der Waals surface area contributed by atoms with Crippen LogP contribution in [0.15, 0.2) is 42.6 Å². The number of carbonyl (C=O) groups is 1. The first kappa shape index (κ1) is 16.2. The van der Waals surface area contributed by atoms with Crippen LogP contribution in [-0.2, 0) is 0 Å². The highest BCUT2D eigenvalue weighted by Gasteiger charge is 2.15. The van der Waals surface area contributed by atoms with Crippen LogP contribution in [0.3, 0.4) is 0 Å². The van der Waals surface area contributed by atoms with E-state index in [4.69, 9.17) is 0 Å². The number of amides is 1. The molecule has 1 saturated heterocycles. The minimum absolute atomic E-state index is 0.107. The van der Waals surface area contributed by atoms with Gasteiger partial charge in [0.25, 0.3) is 5.91 Å². The van der Waals surface area contributed by atoms with Crippen LogP contribution >= 0.6 is 22.6 Å². The summed E-state index contributed by atoms with van der Waals surface area (Å²) in [6.45, 7) is 4.06. The zero-order valence-electron chi connectivity index (χ0n) is 13.0. The zero-order valence-corrected chi connectivity index (χ0v) is 15.2. The van der Waals surface area contributed by atoms with Gasteiger partial charge in [0.2, 0.25) is 0 Å². The Morgan fingerprint density at radius 1 is 1.13 bits per heavy atom. The Morgan fingerprint density at radius 3 is 2.52 bits per heavy atom. The van der Waals surface area contributed by atoms with E-state index in [-0.39, 0.29) is 5.91 Å². The van der Waals surface area contributed by atoms with Gasteiger partial charge in [-0.2, -0.15) is 0 Å². The topological polar surface area (TPSA) is 48.5 Å². The number of aromatic nitrogens is 1. The summed E-state index contributed by atoms with van der Waals surface area (Å²) in [4.78, 5) is 21.4. The van der Waals surface area contributed by atoms with Crippen LogP contribution in [0.4, 0.5) is 11.5 Å². The van der Waals surface area contributed by atoms with E-state index in [1.165, 1.54) is 0 Å². The lowest BCUT2D eigenvalue weighted by molar-refractivity contribution is 0.102. The molecular formula is C17H19IN4O. The minimum Gasteiger partial charge on any atom is -0.354 e. The van der Waals surface area contributed by atoms with E-state index in [9.17, 15) is 4.79 Å². The largest absolute Gasteiger partial charge is 0.354 e. The van der Waals surface area contributed by atoms with Gasteiger partial charge in [0.15, 0.2) is 0 Å². The maximum absolute atomic E-state index is 12.3. The lowest BCUT2D eigenvalue weighted by atomic mass is 10.2. The monoisotopic (exact) mass is 422 g/mol. The maximum Gasteiger partial charge on any atom is 0.256 e. The fourth-order valence-corrected chi connectivity index (χ4v) is 3.16. The number of halogens is 1. The number of piperazine rings is 1. The van der Waals surface area contributed by atoms with Crippen molar-refractivity contribution in [3.8, 4) is 0 Å². The summed E-state index contributed by atoms with van der Waals surface area (Å²) >= 11 is 2.17. The van der Waals surface area contributed by atoms with Gasteiger partial charge in [-0.1, -0.05) is 12.1 Å². The molecule has 23 heavy (non-hydrogen) atoms. The summed E-state index contributed by atoms with van der Waals surface area (Å²) in [7, 11) is 2.13. The molecule has 0 radical (unpaired) electrons. The molecule has 1 aliphatic rings. The van der Waals surface area contributed by atoms with E-state index in [1.54, 1.807) is 6.20 Å². The molecule has 6 heteroatoms. The van der Waals surface area contributed by atoms with E-state index >= 15 is 0 Å². The molecule has 1 aromatic heterocycles. The van der Waals surface area contributed by atoms with Crippen molar-refractivity contribution in [2.24, 2.45) is 0 Å². The Hall–Kier alpha value is -1.67. The molecule has 2 aromatic rings. The fourth-order valence-electron chi connectivity index (χ4n) is 2.53. The Bertz CT molecular complexity index is 681. The van der Waals surface area contributed by atoms with Gasteiger partial charge in [-0.25, -0.2) is 4.98 Å². The maximum atomic E-state index is 12.3. The first-order chi connectivity index (χ1) is 11.1. The number of pyridine rings is 1. The molecule has 3 rings (SSSR count). The van der Waals surface area contributed by atoms with E-state index in [0.29, 0.717) is 11.3 Å². The highest BCUT2D eigenvalue weighted by atomic mass is 127. The summed E-state index contributed by atoms with van der Waals surface area (Å²) in [6, 6.07) is 11.4. The van der Waals surface area contributed by atoms with E-state index in [0.717, 1.165) is 35.6 Å². The zero-order chi connectivity index (χ0) is 16.2. The number of carbonyl (C=O) groups excluding carboxylic acids is 1. The minimum atomic E-state index is -0.107. The van der Waals surface area contributed by atoms with E-state index in [1.807, 2.05) is 36.4 Å². The SMILES string of the molecule is CN1CCN(c2ccc(NC(=O)c3ccccc3I)cn2)CC1. The molecule has 5 nitrogen and oxygen atoms in total. The normalized spacial score (nSPS) is 15.5. The third kappa shape index (κ3) is 4.00. The molecule has 1 aromatic carbocycles. The average molecular weight is 422 g/mol. The molecule has 0 spiro atoms. The molecule has 1 N–H and O–H groups in total. The van der Waals surface area contributed by atoms with Crippen molar-refractivity contribution >= 4 is 40.0 Å².